The van der Waals surface area contributed by atoms with Crippen LogP contribution in [0.5, 0.6) is 5.75 Å². The molecule has 2 heterocycles. The highest BCUT2D eigenvalue weighted by Gasteiger charge is 2.02. The van der Waals surface area contributed by atoms with Gasteiger partial charge in [0.2, 0.25) is 0 Å². The summed E-state index contributed by atoms with van der Waals surface area (Å²) in [7, 11) is 0. The summed E-state index contributed by atoms with van der Waals surface area (Å²) < 4.78 is 5.37. The van der Waals surface area contributed by atoms with Crippen LogP contribution in [-0.4, -0.2) is 40.9 Å². The summed E-state index contributed by atoms with van der Waals surface area (Å²) in [5, 5.41) is 19.9. The van der Waals surface area contributed by atoms with E-state index < -0.39 is 0 Å². The van der Waals surface area contributed by atoms with Crippen molar-refractivity contribution < 1.29 is 9.53 Å². The van der Waals surface area contributed by atoms with Crippen molar-refractivity contribution in [2.45, 2.75) is 6.92 Å². The minimum Gasteiger partial charge on any atom is -0.494 e. The van der Waals surface area contributed by atoms with Crippen LogP contribution in [-0.2, 0) is 0 Å². The van der Waals surface area contributed by atoms with Crippen molar-refractivity contribution in [2.75, 3.05) is 35.6 Å². The van der Waals surface area contributed by atoms with E-state index in [1.54, 1.807) is 30.5 Å². The summed E-state index contributed by atoms with van der Waals surface area (Å²) in [6.07, 6.45) is 1.70. The first-order valence-electron chi connectivity index (χ1n) is 9.26. The van der Waals surface area contributed by atoms with E-state index in [4.69, 9.17) is 4.74 Å². The summed E-state index contributed by atoms with van der Waals surface area (Å²) in [5.41, 5.74) is 0.695. The number of aromatic nitrogens is 3. The molecule has 0 radical (unpaired) electrons. The number of amides is 2. The molecule has 2 amide bonds. The number of urea groups is 1. The first-order chi connectivity index (χ1) is 14.2. The quantitative estimate of drug-likeness (QED) is 0.413. The number of carbonyl (C=O) groups excluding carboxylic acids is 1. The van der Waals surface area contributed by atoms with Crippen LogP contribution in [0, 0.1) is 0 Å². The lowest BCUT2D eigenvalue weighted by Gasteiger charge is -2.10. The van der Waals surface area contributed by atoms with Crippen molar-refractivity contribution in [1.82, 2.24) is 20.5 Å². The molecule has 9 nitrogen and oxygen atoms in total. The lowest BCUT2D eigenvalue weighted by molar-refractivity contribution is 0.252. The second-order valence-electron chi connectivity index (χ2n) is 5.91. The number of nitrogens with one attached hydrogen (secondary N) is 4. The Hall–Kier alpha value is -3.88. The Morgan fingerprint density at radius 2 is 1.72 bits per heavy atom. The molecule has 3 aromatic rings. The fraction of sp³-hybridized carbons (Fsp3) is 0.200. The topological polar surface area (TPSA) is 113 Å². The molecule has 2 aromatic heterocycles. The summed E-state index contributed by atoms with van der Waals surface area (Å²) in [6, 6.07) is 16.1. The predicted molar refractivity (Wildman–Crippen MR) is 113 cm³/mol. The SMILES string of the molecule is CCOc1ccc(NC(=O)NCCNc2ccc(Nc3ccccn3)nn2)cc1. The number of carbonyl (C=O) groups is 1. The minimum absolute atomic E-state index is 0.281. The molecule has 150 valence electrons. The van der Waals surface area contributed by atoms with Gasteiger partial charge in [-0.1, -0.05) is 6.07 Å². The summed E-state index contributed by atoms with van der Waals surface area (Å²) in [5.74, 6) is 2.68. The van der Waals surface area contributed by atoms with Crippen LogP contribution in [0.25, 0.3) is 0 Å². The van der Waals surface area contributed by atoms with Gasteiger partial charge in [-0.25, -0.2) is 9.78 Å². The average molecular weight is 393 g/mol. The van der Waals surface area contributed by atoms with Gasteiger partial charge in [0.1, 0.15) is 17.4 Å². The number of nitrogens with zero attached hydrogens (tertiary/aromatic N) is 3. The van der Waals surface area contributed by atoms with Gasteiger partial charge in [0, 0.05) is 25.0 Å². The van der Waals surface area contributed by atoms with E-state index in [1.807, 2.05) is 37.3 Å². The Morgan fingerprint density at radius 3 is 2.41 bits per heavy atom. The molecular formula is C20H23N7O2. The van der Waals surface area contributed by atoms with Gasteiger partial charge in [-0.15, -0.1) is 10.2 Å². The smallest absolute Gasteiger partial charge is 0.319 e. The Morgan fingerprint density at radius 1 is 0.931 bits per heavy atom. The molecule has 29 heavy (non-hydrogen) atoms. The number of hydrogen-bond acceptors (Lipinski definition) is 7. The summed E-state index contributed by atoms with van der Waals surface area (Å²) in [6.45, 7) is 3.47. The van der Waals surface area contributed by atoms with Gasteiger partial charge in [0.05, 0.1) is 6.61 Å². The van der Waals surface area contributed by atoms with Crippen molar-refractivity contribution in [1.29, 1.82) is 0 Å². The summed E-state index contributed by atoms with van der Waals surface area (Å²) >= 11 is 0. The lowest BCUT2D eigenvalue weighted by Crippen LogP contribution is -2.32. The maximum atomic E-state index is 11.9. The van der Waals surface area contributed by atoms with Crippen LogP contribution >= 0.6 is 0 Å². The molecule has 0 saturated heterocycles. The first kappa shape index (κ1) is 19.9. The van der Waals surface area contributed by atoms with Crippen molar-refractivity contribution in [2.24, 2.45) is 0 Å². The zero-order valence-electron chi connectivity index (χ0n) is 16.1. The van der Waals surface area contributed by atoms with Crippen molar-refractivity contribution >= 4 is 29.2 Å². The maximum absolute atomic E-state index is 11.9. The van der Waals surface area contributed by atoms with E-state index >= 15 is 0 Å². The Kier molecular flexibility index (Phi) is 7.16. The highest BCUT2D eigenvalue weighted by atomic mass is 16.5. The van der Waals surface area contributed by atoms with Crippen LogP contribution in [0.1, 0.15) is 6.92 Å². The molecule has 9 heteroatoms. The van der Waals surface area contributed by atoms with Crippen LogP contribution < -0.4 is 26.0 Å². The molecule has 1 aromatic carbocycles. The molecule has 0 bridgehead atoms. The molecular weight excluding hydrogens is 370 g/mol. The van der Waals surface area contributed by atoms with Gasteiger partial charge in [-0.3, -0.25) is 0 Å². The first-order valence-corrected chi connectivity index (χ1v) is 9.26. The molecule has 0 atom stereocenters. The van der Waals surface area contributed by atoms with Crippen molar-refractivity contribution in [3.8, 4) is 5.75 Å². The van der Waals surface area contributed by atoms with Crippen LogP contribution in [0.3, 0.4) is 0 Å². The van der Waals surface area contributed by atoms with Crippen LogP contribution in [0.2, 0.25) is 0 Å². The van der Waals surface area contributed by atoms with E-state index in [2.05, 4.69) is 36.4 Å². The van der Waals surface area contributed by atoms with Gasteiger partial charge in [0.15, 0.2) is 5.82 Å². The molecule has 4 N–H and O–H groups in total. The Bertz CT molecular complexity index is 887. The predicted octanol–water partition coefficient (Wildman–Crippen LogP) is 3.25. The molecule has 3 rings (SSSR count). The second-order valence-corrected chi connectivity index (χ2v) is 5.91. The third-order valence-corrected chi connectivity index (χ3v) is 3.73. The van der Waals surface area contributed by atoms with E-state index in [9.17, 15) is 4.79 Å². The third-order valence-electron chi connectivity index (χ3n) is 3.73. The summed E-state index contributed by atoms with van der Waals surface area (Å²) in [4.78, 5) is 16.1. The van der Waals surface area contributed by atoms with Gasteiger partial charge in [-0.05, 0) is 55.5 Å². The second kappa shape index (κ2) is 10.5. The van der Waals surface area contributed by atoms with Crippen molar-refractivity contribution in [3.05, 3.63) is 60.8 Å². The normalized spacial score (nSPS) is 10.1. The van der Waals surface area contributed by atoms with E-state index in [1.165, 1.54) is 0 Å². The number of ether oxygens (including phenoxy) is 1. The number of rotatable bonds is 9. The van der Waals surface area contributed by atoms with Crippen LogP contribution in [0.15, 0.2) is 60.8 Å². The lowest BCUT2D eigenvalue weighted by atomic mass is 10.3. The highest BCUT2D eigenvalue weighted by Crippen LogP contribution is 2.15. The molecule has 0 fully saturated rings. The molecule has 0 aliphatic carbocycles. The van der Waals surface area contributed by atoms with Gasteiger partial charge >= 0.3 is 6.03 Å². The average Bonchev–Trinajstić information content (AvgIpc) is 2.75. The largest absolute Gasteiger partial charge is 0.494 e. The Balaban J connectivity index is 1.36. The zero-order chi connectivity index (χ0) is 20.3. The van der Waals surface area contributed by atoms with Crippen LogP contribution in [0.4, 0.5) is 27.9 Å². The van der Waals surface area contributed by atoms with E-state index in [0.29, 0.717) is 42.8 Å². The Labute approximate surface area is 168 Å². The number of pyridine rings is 1. The number of hydrogen-bond donors (Lipinski definition) is 4. The minimum atomic E-state index is -0.281. The van der Waals surface area contributed by atoms with Gasteiger partial charge in [0.25, 0.3) is 0 Å². The van der Waals surface area contributed by atoms with Gasteiger partial charge < -0.3 is 26.0 Å². The fourth-order valence-electron chi connectivity index (χ4n) is 2.40. The maximum Gasteiger partial charge on any atom is 0.319 e. The zero-order valence-corrected chi connectivity index (χ0v) is 16.1. The molecule has 0 unspecified atom stereocenters. The number of benzene rings is 1. The standard InChI is InChI=1S/C20H23N7O2/c1-2-29-16-8-6-15(7-9-16)24-20(28)23-14-13-22-18-10-11-19(27-26-18)25-17-5-3-4-12-21-17/h3-12H,2,13-14H2,1H3,(H,22,26)(H,21,25,27)(H2,23,24,28). The highest BCUT2D eigenvalue weighted by molar-refractivity contribution is 5.89. The van der Waals surface area contributed by atoms with Crippen molar-refractivity contribution in [3.63, 3.8) is 0 Å². The van der Waals surface area contributed by atoms with Gasteiger partial charge in [-0.2, -0.15) is 0 Å². The molecule has 0 saturated carbocycles. The third kappa shape index (κ3) is 6.65. The fourth-order valence-corrected chi connectivity index (χ4v) is 2.40. The van der Waals surface area contributed by atoms with E-state index in [-0.39, 0.29) is 6.03 Å². The molecule has 0 spiro atoms. The van der Waals surface area contributed by atoms with E-state index in [0.717, 1.165) is 5.75 Å². The molecule has 0 aliphatic rings. The number of anilines is 4. The molecule has 0 aliphatic heterocycles. The monoisotopic (exact) mass is 393 g/mol.